The number of halogens is 1. The van der Waals surface area contributed by atoms with E-state index in [9.17, 15) is 4.79 Å². The van der Waals surface area contributed by atoms with Crippen molar-refractivity contribution in [3.05, 3.63) is 0 Å². The summed E-state index contributed by atoms with van der Waals surface area (Å²) < 4.78 is 11.1. The molecule has 0 bridgehead atoms. The number of guanidine groups is 1. The molecule has 0 aromatic carbocycles. The molecule has 2 fully saturated rings. The van der Waals surface area contributed by atoms with E-state index in [-0.39, 0.29) is 36.4 Å². The summed E-state index contributed by atoms with van der Waals surface area (Å²) in [5.74, 6) is 1.31. The van der Waals surface area contributed by atoms with Gasteiger partial charge in [-0.05, 0) is 25.7 Å². The standard InChI is InChI=1S/C18H34N4O3.HI/c1-22(2)17(23)12-20-18(21-16-6-3-4-7-16)19-9-5-10-24-13-15-8-11-25-14-15;/h15-16H,3-14H2,1-2H3,(H2,19,20,21);1H. The Morgan fingerprint density at radius 3 is 2.69 bits per heavy atom. The predicted octanol–water partition coefficient (Wildman–Crippen LogP) is 1.61. The Morgan fingerprint density at radius 2 is 2.04 bits per heavy atom. The highest BCUT2D eigenvalue weighted by Gasteiger charge is 2.17. The van der Waals surface area contributed by atoms with Crippen LogP contribution in [0.2, 0.25) is 0 Å². The summed E-state index contributed by atoms with van der Waals surface area (Å²) in [7, 11) is 3.50. The van der Waals surface area contributed by atoms with Gasteiger partial charge in [-0.3, -0.25) is 4.79 Å². The molecular formula is C18H35IN4O3. The minimum Gasteiger partial charge on any atom is -0.381 e. The molecule has 8 heteroatoms. The average Bonchev–Trinajstić information content (AvgIpc) is 3.28. The third kappa shape index (κ3) is 9.36. The molecule has 1 aliphatic heterocycles. The van der Waals surface area contributed by atoms with Crippen LogP contribution in [0.1, 0.15) is 38.5 Å². The fraction of sp³-hybridized carbons (Fsp3) is 0.889. The SMILES string of the molecule is CN(C)C(=O)CN=C(NCCCOCC1CCOC1)NC1CCCC1.I. The van der Waals surface area contributed by atoms with Gasteiger partial charge in [0, 0.05) is 45.8 Å². The van der Waals surface area contributed by atoms with Crippen LogP contribution < -0.4 is 10.6 Å². The van der Waals surface area contributed by atoms with Crippen molar-refractivity contribution in [3.63, 3.8) is 0 Å². The Hall–Kier alpha value is -0.610. The molecule has 0 aromatic rings. The van der Waals surface area contributed by atoms with Crippen LogP contribution >= 0.6 is 24.0 Å². The van der Waals surface area contributed by atoms with Gasteiger partial charge < -0.3 is 25.0 Å². The lowest BCUT2D eigenvalue weighted by Gasteiger charge is -2.18. The van der Waals surface area contributed by atoms with Gasteiger partial charge in [0.1, 0.15) is 6.54 Å². The smallest absolute Gasteiger partial charge is 0.243 e. The first-order valence-corrected chi connectivity index (χ1v) is 9.55. The normalized spacial score (nSPS) is 20.7. The van der Waals surface area contributed by atoms with Gasteiger partial charge in [0.25, 0.3) is 0 Å². The number of rotatable bonds is 9. The largest absolute Gasteiger partial charge is 0.381 e. The van der Waals surface area contributed by atoms with Crippen molar-refractivity contribution in [1.29, 1.82) is 0 Å². The Labute approximate surface area is 174 Å². The van der Waals surface area contributed by atoms with Gasteiger partial charge in [-0.2, -0.15) is 0 Å². The van der Waals surface area contributed by atoms with E-state index < -0.39 is 0 Å². The summed E-state index contributed by atoms with van der Waals surface area (Å²) >= 11 is 0. The fourth-order valence-electron chi connectivity index (χ4n) is 3.05. The number of nitrogens with zero attached hydrogens (tertiary/aromatic N) is 2. The second kappa shape index (κ2) is 13.5. The number of amides is 1. The summed E-state index contributed by atoms with van der Waals surface area (Å²) in [5, 5.41) is 6.79. The average molecular weight is 482 g/mol. The second-order valence-corrected chi connectivity index (χ2v) is 7.16. The molecule has 1 amide bonds. The first-order chi connectivity index (χ1) is 12.1. The van der Waals surface area contributed by atoms with Crippen LogP contribution in [-0.4, -0.2) is 76.4 Å². The van der Waals surface area contributed by atoms with Crippen molar-refractivity contribution in [2.45, 2.75) is 44.6 Å². The molecule has 1 atom stereocenters. The van der Waals surface area contributed by atoms with Gasteiger partial charge in [-0.15, -0.1) is 24.0 Å². The van der Waals surface area contributed by atoms with Crippen LogP contribution in [0.3, 0.4) is 0 Å². The van der Waals surface area contributed by atoms with Crippen LogP contribution in [0.15, 0.2) is 4.99 Å². The van der Waals surface area contributed by atoms with Crippen molar-refractivity contribution in [2.24, 2.45) is 10.9 Å². The zero-order chi connectivity index (χ0) is 17.9. The maximum atomic E-state index is 11.8. The summed E-state index contributed by atoms with van der Waals surface area (Å²) in [6.45, 7) is 4.19. The van der Waals surface area contributed by atoms with Gasteiger partial charge in [0.15, 0.2) is 5.96 Å². The molecule has 0 spiro atoms. The fourth-order valence-corrected chi connectivity index (χ4v) is 3.05. The zero-order valence-electron chi connectivity index (χ0n) is 16.2. The van der Waals surface area contributed by atoms with Crippen LogP contribution in [0.4, 0.5) is 0 Å². The maximum absolute atomic E-state index is 11.8. The Bertz CT molecular complexity index is 423. The molecule has 1 saturated heterocycles. The summed E-state index contributed by atoms with van der Waals surface area (Å²) in [6, 6.07) is 0.472. The highest BCUT2D eigenvalue weighted by Crippen LogP contribution is 2.17. The third-order valence-electron chi connectivity index (χ3n) is 4.70. The molecule has 1 heterocycles. The Balaban J connectivity index is 0.00000338. The number of hydrogen-bond donors (Lipinski definition) is 2. The van der Waals surface area contributed by atoms with E-state index in [1.807, 2.05) is 0 Å². The molecule has 26 heavy (non-hydrogen) atoms. The van der Waals surface area contributed by atoms with Gasteiger partial charge in [-0.1, -0.05) is 12.8 Å². The minimum atomic E-state index is 0. The predicted molar refractivity (Wildman–Crippen MR) is 114 cm³/mol. The van der Waals surface area contributed by atoms with E-state index in [4.69, 9.17) is 9.47 Å². The van der Waals surface area contributed by atoms with Crippen molar-refractivity contribution in [1.82, 2.24) is 15.5 Å². The van der Waals surface area contributed by atoms with Crippen molar-refractivity contribution in [2.75, 3.05) is 53.6 Å². The summed E-state index contributed by atoms with van der Waals surface area (Å²) in [6.07, 6.45) is 6.91. The molecule has 1 unspecified atom stereocenters. The first-order valence-electron chi connectivity index (χ1n) is 9.55. The van der Waals surface area contributed by atoms with E-state index in [1.54, 1.807) is 19.0 Å². The number of aliphatic imine (C=N–C) groups is 1. The monoisotopic (exact) mass is 482 g/mol. The van der Waals surface area contributed by atoms with Gasteiger partial charge >= 0.3 is 0 Å². The quantitative estimate of drug-likeness (QED) is 0.226. The van der Waals surface area contributed by atoms with E-state index in [0.717, 1.165) is 51.8 Å². The van der Waals surface area contributed by atoms with Crippen molar-refractivity contribution >= 4 is 35.8 Å². The molecule has 2 rings (SSSR count). The van der Waals surface area contributed by atoms with Crippen LogP contribution in [-0.2, 0) is 14.3 Å². The lowest BCUT2D eigenvalue weighted by molar-refractivity contribution is -0.127. The number of hydrogen-bond acceptors (Lipinski definition) is 4. The summed E-state index contributed by atoms with van der Waals surface area (Å²) in [4.78, 5) is 17.8. The van der Waals surface area contributed by atoms with E-state index in [0.29, 0.717) is 12.0 Å². The molecule has 1 aliphatic carbocycles. The lowest BCUT2D eigenvalue weighted by Crippen LogP contribution is -2.43. The Morgan fingerprint density at radius 1 is 1.27 bits per heavy atom. The van der Waals surface area contributed by atoms with Crippen LogP contribution in [0, 0.1) is 5.92 Å². The molecule has 152 valence electrons. The topological polar surface area (TPSA) is 75.2 Å². The van der Waals surface area contributed by atoms with E-state index in [1.165, 1.54) is 25.7 Å². The van der Waals surface area contributed by atoms with Crippen molar-refractivity contribution in [3.8, 4) is 0 Å². The summed E-state index contributed by atoms with van der Waals surface area (Å²) in [5.41, 5.74) is 0. The lowest BCUT2D eigenvalue weighted by atomic mass is 10.1. The van der Waals surface area contributed by atoms with Gasteiger partial charge in [0.2, 0.25) is 5.91 Å². The van der Waals surface area contributed by atoms with Crippen LogP contribution in [0.25, 0.3) is 0 Å². The van der Waals surface area contributed by atoms with Crippen LogP contribution in [0.5, 0.6) is 0 Å². The van der Waals surface area contributed by atoms with E-state index >= 15 is 0 Å². The highest BCUT2D eigenvalue weighted by atomic mass is 127. The van der Waals surface area contributed by atoms with E-state index in [2.05, 4.69) is 15.6 Å². The molecule has 2 N–H and O–H groups in total. The highest BCUT2D eigenvalue weighted by molar-refractivity contribution is 14.0. The molecule has 0 radical (unpaired) electrons. The van der Waals surface area contributed by atoms with Gasteiger partial charge in [-0.25, -0.2) is 4.99 Å². The number of carbonyl (C=O) groups excluding carboxylic acids is 1. The molecule has 1 saturated carbocycles. The molecule has 0 aromatic heterocycles. The third-order valence-corrected chi connectivity index (χ3v) is 4.70. The maximum Gasteiger partial charge on any atom is 0.243 e. The molecular weight excluding hydrogens is 447 g/mol. The Kier molecular flexibility index (Phi) is 12.2. The van der Waals surface area contributed by atoms with Crippen molar-refractivity contribution < 1.29 is 14.3 Å². The number of nitrogens with one attached hydrogen (secondary N) is 2. The van der Waals surface area contributed by atoms with Gasteiger partial charge in [0.05, 0.1) is 13.2 Å². The molecule has 7 nitrogen and oxygen atoms in total. The number of ether oxygens (including phenoxy) is 2. The zero-order valence-corrected chi connectivity index (χ0v) is 18.5. The number of likely N-dealkylation sites (N-methyl/N-ethyl adjacent to an activating group) is 1. The minimum absolute atomic E-state index is 0. The second-order valence-electron chi connectivity index (χ2n) is 7.16. The first kappa shape index (κ1) is 23.4. The molecule has 2 aliphatic rings. The number of carbonyl (C=O) groups is 1.